The number of nitrogens with one attached hydrogen (secondary N) is 1. The van der Waals surface area contributed by atoms with Crippen molar-refractivity contribution >= 4 is 21.6 Å². The van der Waals surface area contributed by atoms with Crippen molar-refractivity contribution in [1.29, 1.82) is 0 Å². The maximum absolute atomic E-state index is 9.03. The fourth-order valence-electron chi connectivity index (χ4n) is 1.90. The number of benzene rings is 1. The molecule has 0 amide bonds. The van der Waals surface area contributed by atoms with Crippen LogP contribution in [0.1, 0.15) is 25.5 Å². The number of hydrogen-bond donors (Lipinski definition) is 2. The van der Waals surface area contributed by atoms with Crippen LogP contribution in [0, 0.1) is 0 Å². The molecule has 0 radical (unpaired) electrons. The predicted molar refractivity (Wildman–Crippen MR) is 76.6 cm³/mol. The molecule has 1 atom stereocenters. The van der Waals surface area contributed by atoms with Crippen LogP contribution >= 0.6 is 15.9 Å². The molecule has 0 spiro atoms. The third-order valence-corrected chi connectivity index (χ3v) is 3.31. The first-order valence-corrected chi connectivity index (χ1v) is 6.74. The Kier molecular flexibility index (Phi) is 5.95. The van der Waals surface area contributed by atoms with Crippen LogP contribution in [-0.2, 0) is 0 Å². The van der Waals surface area contributed by atoms with E-state index >= 15 is 0 Å². The van der Waals surface area contributed by atoms with E-state index < -0.39 is 0 Å². The second-order valence-corrected chi connectivity index (χ2v) is 5.04. The van der Waals surface area contributed by atoms with E-state index in [4.69, 9.17) is 5.11 Å². The van der Waals surface area contributed by atoms with Crippen molar-refractivity contribution in [2.45, 2.75) is 19.9 Å². The standard InChI is InChI=1S/C13H21BrN2O/c1-4-15-10(2)12-6-5-11(14)9-13(12)16(3)7-8-17/h5-6,9-10,15,17H,4,7-8H2,1-3H3. The number of hydrogen-bond acceptors (Lipinski definition) is 3. The van der Waals surface area contributed by atoms with Gasteiger partial charge in [-0.2, -0.15) is 0 Å². The molecule has 0 aliphatic heterocycles. The Labute approximate surface area is 112 Å². The number of aliphatic hydroxyl groups is 1. The Morgan fingerprint density at radius 1 is 1.47 bits per heavy atom. The van der Waals surface area contributed by atoms with Gasteiger partial charge in [-0.3, -0.25) is 0 Å². The van der Waals surface area contributed by atoms with E-state index in [9.17, 15) is 0 Å². The normalized spacial score (nSPS) is 12.5. The maximum atomic E-state index is 9.03. The summed E-state index contributed by atoms with van der Waals surface area (Å²) in [5.41, 5.74) is 2.41. The largest absolute Gasteiger partial charge is 0.395 e. The van der Waals surface area contributed by atoms with E-state index in [0.717, 1.165) is 16.7 Å². The summed E-state index contributed by atoms with van der Waals surface area (Å²) in [5.74, 6) is 0. The van der Waals surface area contributed by atoms with Crippen molar-refractivity contribution in [2.24, 2.45) is 0 Å². The summed E-state index contributed by atoms with van der Waals surface area (Å²) in [4.78, 5) is 2.08. The minimum absolute atomic E-state index is 0.165. The molecule has 1 aromatic rings. The average molecular weight is 301 g/mol. The molecule has 2 N–H and O–H groups in total. The molecule has 0 bridgehead atoms. The van der Waals surface area contributed by atoms with E-state index in [1.807, 2.05) is 7.05 Å². The molecule has 0 aliphatic rings. The minimum Gasteiger partial charge on any atom is -0.395 e. The minimum atomic E-state index is 0.165. The summed E-state index contributed by atoms with van der Waals surface area (Å²) in [6, 6.07) is 6.59. The molecule has 1 aromatic carbocycles. The Morgan fingerprint density at radius 3 is 2.76 bits per heavy atom. The van der Waals surface area contributed by atoms with Crippen LogP contribution in [0.25, 0.3) is 0 Å². The summed E-state index contributed by atoms with van der Waals surface area (Å²) in [7, 11) is 2.00. The third kappa shape index (κ3) is 3.98. The van der Waals surface area contributed by atoms with Crippen LogP contribution in [0.15, 0.2) is 22.7 Å². The van der Waals surface area contributed by atoms with Gasteiger partial charge in [0.15, 0.2) is 0 Å². The Balaban J connectivity index is 3.02. The van der Waals surface area contributed by atoms with Crippen LogP contribution in [0.5, 0.6) is 0 Å². The molecule has 3 nitrogen and oxygen atoms in total. The first-order valence-electron chi connectivity index (χ1n) is 5.95. The summed E-state index contributed by atoms with van der Waals surface area (Å²) < 4.78 is 1.06. The highest BCUT2D eigenvalue weighted by atomic mass is 79.9. The van der Waals surface area contributed by atoms with Gasteiger partial charge in [0.05, 0.1) is 6.61 Å². The Morgan fingerprint density at radius 2 is 2.18 bits per heavy atom. The van der Waals surface area contributed by atoms with Gasteiger partial charge in [-0.25, -0.2) is 0 Å². The van der Waals surface area contributed by atoms with E-state index in [0.29, 0.717) is 12.6 Å². The molecule has 0 heterocycles. The highest BCUT2D eigenvalue weighted by molar-refractivity contribution is 9.10. The lowest BCUT2D eigenvalue weighted by Crippen LogP contribution is -2.25. The molecule has 0 fully saturated rings. The van der Waals surface area contributed by atoms with Crippen LogP contribution in [0.2, 0.25) is 0 Å². The van der Waals surface area contributed by atoms with Gasteiger partial charge in [0.1, 0.15) is 0 Å². The highest BCUT2D eigenvalue weighted by Crippen LogP contribution is 2.28. The first-order chi connectivity index (χ1) is 8.10. The molecule has 0 aliphatic carbocycles. The predicted octanol–water partition coefficient (Wildman–Crippen LogP) is 2.55. The quantitative estimate of drug-likeness (QED) is 0.847. The maximum Gasteiger partial charge on any atom is 0.0606 e. The molecule has 1 unspecified atom stereocenters. The average Bonchev–Trinajstić information content (AvgIpc) is 2.29. The monoisotopic (exact) mass is 300 g/mol. The SMILES string of the molecule is CCNC(C)c1ccc(Br)cc1N(C)CCO. The molecule has 4 heteroatoms. The molecule has 17 heavy (non-hydrogen) atoms. The highest BCUT2D eigenvalue weighted by Gasteiger charge is 2.12. The van der Waals surface area contributed by atoms with Crippen LogP contribution in [0.4, 0.5) is 5.69 Å². The number of anilines is 1. The van der Waals surface area contributed by atoms with Crippen molar-refractivity contribution in [3.8, 4) is 0 Å². The number of nitrogens with zero attached hydrogens (tertiary/aromatic N) is 1. The van der Waals surface area contributed by atoms with Gasteiger partial charge in [0.25, 0.3) is 0 Å². The second-order valence-electron chi connectivity index (χ2n) is 4.13. The zero-order chi connectivity index (χ0) is 12.8. The van der Waals surface area contributed by atoms with Crippen molar-refractivity contribution in [3.05, 3.63) is 28.2 Å². The lowest BCUT2D eigenvalue weighted by atomic mass is 10.1. The molecular formula is C13H21BrN2O. The molecule has 96 valence electrons. The lowest BCUT2D eigenvalue weighted by Gasteiger charge is -2.25. The van der Waals surface area contributed by atoms with Gasteiger partial charge < -0.3 is 15.3 Å². The summed E-state index contributed by atoms with van der Waals surface area (Å²) in [6.07, 6.45) is 0. The van der Waals surface area contributed by atoms with Crippen molar-refractivity contribution < 1.29 is 5.11 Å². The third-order valence-electron chi connectivity index (χ3n) is 2.82. The topological polar surface area (TPSA) is 35.5 Å². The van der Waals surface area contributed by atoms with Crippen LogP contribution in [-0.4, -0.2) is 31.9 Å². The lowest BCUT2D eigenvalue weighted by molar-refractivity contribution is 0.304. The molecular weight excluding hydrogens is 280 g/mol. The second kappa shape index (κ2) is 6.99. The first kappa shape index (κ1) is 14.5. The smallest absolute Gasteiger partial charge is 0.0606 e. The molecule has 0 aromatic heterocycles. The van der Waals surface area contributed by atoms with E-state index in [2.05, 4.69) is 58.2 Å². The van der Waals surface area contributed by atoms with E-state index in [1.54, 1.807) is 0 Å². The van der Waals surface area contributed by atoms with Crippen molar-refractivity contribution in [3.63, 3.8) is 0 Å². The summed E-state index contributed by atoms with van der Waals surface area (Å²) in [5, 5.41) is 12.4. The van der Waals surface area contributed by atoms with Crippen molar-refractivity contribution in [1.82, 2.24) is 5.32 Å². The Hall–Kier alpha value is -0.580. The van der Waals surface area contributed by atoms with E-state index in [-0.39, 0.29) is 6.61 Å². The Bertz CT molecular complexity index is 357. The van der Waals surface area contributed by atoms with Gasteiger partial charge in [-0.05, 0) is 31.2 Å². The summed E-state index contributed by atoms with van der Waals surface area (Å²) >= 11 is 3.49. The zero-order valence-corrected chi connectivity index (χ0v) is 12.3. The molecule has 1 rings (SSSR count). The van der Waals surface area contributed by atoms with Gasteiger partial charge in [0, 0.05) is 29.8 Å². The number of likely N-dealkylation sites (N-methyl/N-ethyl adjacent to an activating group) is 1. The zero-order valence-electron chi connectivity index (χ0n) is 10.7. The van der Waals surface area contributed by atoms with Gasteiger partial charge >= 0.3 is 0 Å². The van der Waals surface area contributed by atoms with Crippen molar-refractivity contribution in [2.75, 3.05) is 31.6 Å². The van der Waals surface area contributed by atoms with Crippen LogP contribution in [0.3, 0.4) is 0 Å². The van der Waals surface area contributed by atoms with Gasteiger partial charge in [-0.15, -0.1) is 0 Å². The number of halogens is 1. The molecule has 0 saturated carbocycles. The fraction of sp³-hybridized carbons (Fsp3) is 0.538. The van der Waals surface area contributed by atoms with Gasteiger partial charge in [0.2, 0.25) is 0 Å². The number of aliphatic hydroxyl groups excluding tert-OH is 1. The molecule has 0 saturated heterocycles. The summed E-state index contributed by atoms with van der Waals surface area (Å²) in [6.45, 7) is 6.01. The number of rotatable bonds is 6. The van der Waals surface area contributed by atoms with Crippen LogP contribution < -0.4 is 10.2 Å². The van der Waals surface area contributed by atoms with E-state index in [1.165, 1.54) is 5.56 Å². The fourth-order valence-corrected chi connectivity index (χ4v) is 2.25. The van der Waals surface area contributed by atoms with Gasteiger partial charge in [-0.1, -0.05) is 28.9 Å².